The first-order chi connectivity index (χ1) is 14.2. The van der Waals surface area contributed by atoms with E-state index in [0.29, 0.717) is 5.56 Å². The van der Waals surface area contributed by atoms with Crippen LogP contribution in [0.1, 0.15) is 10.4 Å². The van der Waals surface area contributed by atoms with Crippen molar-refractivity contribution in [3.8, 4) is 0 Å². The highest BCUT2D eigenvalue weighted by molar-refractivity contribution is 7.95. The largest absolute Gasteiger partial charge is 0.289 e. The SMILES string of the molecule is O=C(C=P(c1ccccc1)(c1ccccc1)c1ccccc1)c1ccc(F)cc1. The Morgan fingerprint density at radius 3 is 1.34 bits per heavy atom. The lowest BCUT2D eigenvalue weighted by Crippen LogP contribution is -2.28. The highest BCUT2D eigenvalue weighted by Gasteiger charge is 2.26. The predicted molar refractivity (Wildman–Crippen MR) is 122 cm³/mol. The average Bonchev–Trinajstić information content (AvgIpc) is 2.79. The third-order valence-corrected chi connectivity index (χ3v) is 8.89. The molecule has 0 fully saturated rings. The van der Waals surface area contributed by atoms with Gasteiger partial charge >= 0.3 is 0 Å². The van der Waals surface area contributed by atoms with E-state index in [1.54, 1.807) is 12.1 Å². The van der Waals surface area contributed by atoms with Crippen LogP contribution in [0.4, 0.5) is 4.39 Å². The highest BCUT2D eigenvalue weighted by atomic mass is 31.2. The molecule has 0 aliphatic rings. The second kappa shape index (κ2) is 8.43. The van der Waals surface area contributed by atoms with Gasteiger partial charge in [0.2, 0.25) is 0 Å². The lowest BCUT2D eigenvalue weighted by atomic mass is 10.1. The Kier molecular flexibility index (Phi) is 5.55. The molecule has 4 rings (SSSR count). The molecule has 0 aliphatic heterocycles. The molecule has 0 unspecified atom stereocenters. The molecule has 0 saturated carbocycles. The summed E-state index contributed by atoms with van der Waals surface area (Å²) >= 11 is 0. The molecule has 0 aliphatic carbocycles. The summed E-state index contributed by atoms with van der Waals surface area (Å²) in [5.74, 6) is 1.41. The van der Waals surface area contributed by atoms with Crippen LogP contribution in [0.15, 0.2) is 115 Å². The molecular formula is C26H20FOP. The second-order valence-corrected chi connectivity index (χ2v) is 9.98. The molecule has 0 heterocycles. The average molecular weight is 398 g/mol. The van der Waals surface area contributed by atoms with Crippen molar-refractivity contribution in [1.82, 2.24) is 0 Å². The van der Waals surface area contributed by atoms with E-state index in [1.165, 1.54) is 12.1 Å². The van der Waals surface area contributed by atoms with Crippen LogP contribution in [0.2, 0.25) is 0 Å². The topological polar surface area (TPSA) is 17.1 Å². The Labute approximate surface area is 170 Å². The summed E-state index contributed by atoms with van der Waals surface area (Å²) in [4.78, 5) is 13.3. The monoisotopic (exact) mass is 398 g/mol. The van der Waals surface area contributed by atoms with Crippen LogP contribution in [0, 0.1) is 5.82 Å². The van der Waals surface area contributed by atoms with E-state index in [4.69, 9.17) is 0 Å². The fourth-order valence-electron chi connectivity index (χ4n) is 3.52. The maximum atomic E-state index is 13.4. The van der Waals surface area contributed by atoms with Crippen molar-refractivity contribution in [3.05, 3.63) is 127 Å². The normalized spacial score (nSPS) is 11.1. The molecule has 0 saturated heterocycles. The molecule has 0 radical (unpaired) electrons. The van der Waals surface area contributed by atoms with Gasteiger partial charge < -0.3 is 0 Å². The summed E-state index contributed by atoms with van der Waals surface area (Å²) in [6.45, 7) is -2.35. The van der Waals surface area contributed by atoms with Crippen molar-refractivity contribution < 1.29 is 9.18 Å². The summed E-state index contributed by atoms with van der Waals surface area (Å²) < 4.78 is 13.4. The van der Waals surface area contributed by atoms with Crippen molar-refractivity contribution >= 4 is 34.4 Å². The van der Waals surface area contributed by atoms with Crippen LogP contribution < -0.4 is 15.9 Å². The van der Waals surface area contributed by atoms with Crippen LogP contribution >= 0.6 is 6.89 Å². The van der Waals surface area contributed by atoms with E-state index in [0.717, 1.165) is 15.9 Å². The molecule has 0 spiro atoms. The number of halogens is 1. The van der Waals surface area contributed by atoms with Crippen molar-refractivity contribution in [3.63, 3.8) is 0 Å². The molecule has 0 N–H and O–H groups in total. The molecular weight excluding hydrogens is 378 g/mol. The summed E-state index contributed by atoms with van der Waals surface area (Å²) in [6, 6.07) is 36.2. The van der Waals surface area contributed by atoms with Crippen molar-refractivity contribution in [2.24, 2.45) is 0 Å². The molecule has 0 amide bonds. The van der Waals surface area contributed by atoms with Crippen molar-refractivity contribution in [2.75, 3.05) is 0 Å². The van der Waals surface area contributed by atoms with Gasteiger partial charge in [-0.3, -0.25) is 4.79 Å². The molecule has 142 valence electrons. The summed E-state index contributed by atoms with van der Waals surface area (Å²) in [7, 11) is 0. The zero-order valence-electron chi connectivity index (χ0n) is 15.8. The van der Waals surface area contributed by atoms with E-state index in [2.05, 4.69) is 36.4 Å². The number of carbonyl (C=O) groups excluding carboxylic acids is 1. The van der Waals surface area contributed by atoms with Gasteiger partial charge in [-0.1, -0.05) is 91.0 Å². The van der Waals surface area contributed by atoms with Gasteiger partial charge in [0, 0.05) is 5.56 Å². The van der Waals surface area contributed by atoms with E-state index in [1.807, 2.05) is 60.4 Å². The zero-order valence-corrected chi connectivity index (χ0v) is 16.7. The fraction of sp³-hybridized carbons (Fsp3) is 0. The second-order valence-electron chi connectivity index (χ2n) is 6.73. The molecule has 29 heavy (non-hydrogen) atoms. The molecule has 4 aromatic rings. The van der Waals surface area contributed by atoms with Gasteiger partial charge in [-0.05, 0) is 52.9 Å². The summed E-state index contributed by atoms with van der Waals surface area (Å²) in [6.07, 6.45) is 0. The van der Waals surface area contributed by atoms with E-state index >= 15 is 0 Å². The third-order valence-electron chi connectivity index (χ3n) is 4.93. The van der Waals surface area contributed by atoms with Crippen molar-refractivity contribution in [2.45, 2.75) is 0 Å². The van der Waals surface area contributed by atoms with Gasteiger partial charge in [0.15, 0.2) is 5.78 Å². The lowest BCUT2D eigenvalue weighted by molar-refractivity contribution is 0.107. The quantitative estimate of drug-likeness (QED) is 0.349. The standard InChI is InChI=1S/C26H20FOP/c27-22-18-16-21(17-19-22)26(28)20-29(23-10-4-1-5-11-23,24-12-6-2-7-13-24)25-14-8-3-9-15-25/h1-20H. The Bertz CT molecular complexity index is 1050. The minimum absolute atomic E-state index is 0.102. The van der Waals surface area contributed by atoms with Gasteiger partial charge in [0.25, 0.3) is 0 Å². The number of benzene rings is 4. The number of carbonyl (C=O) groups is 1. The Morgan fingerprint density at radius 1 is 0.586 bits per heavy atom. The molecule has 4 aromatic carbocycles. The molecule has 3 heteroatoms. The predicted octanol–water partition coefficient (Wildman–Crippen LogP) is 4.80. The van der Waals surface area contributed by atoms with Gasteiger partial charge in [-0.25, -0.2) is 4.39 Å². The molecule has 0 bridgehead atoms. The van der Waals surface area contributed by atoms with E-state index in [9.17, 15) is 9.18 Å². The maximum absolute atomic E-state index is 13.4. The number of rotatable bonds is 5. The smallest absolute Gasteiger partial charge is 0.186 e. The Balaban J connectivity index is 2.05. The first-order valence-electron chi connectivity index (χ1n) is 9.41. The molecule has 0 aromatic heterocycles. The highest BCUT2D eigenvalue weighted by Crippen LogP contribution is 2.43. The van der Waals surface area contributed by atoms with Crippen LogP contribution in [-0.4, -0.2) is 11.6 Å². The maximum Gasteiger partial charge on any atom is 0.186 e. The fourth-order valence-corrected chi connectivity index (χ4v) is 7.29. The number of hydrogen-bond acceptors (Lipinski definition) is 1. The Morgan fingerprint density at radius 2 is 0.966 bits per heavy atom. The number of ketones is 1. The van der Waals surface area contributed by atoms with Gasteiger partial charge in [-0.2, -0.15) is 0 Å². The van der Waals surface area contributed by atoms with Crippen molar-refractivity contribution in [1.29, 1.82) is 0 Å². The van der Waals surface area contributed by atoms with E-state index in [-0.39, 0.29) is 11.6 Å². The van der Waals surface area contributed by atoms with Gasteiger partial charge in [0.05, 0.1) is 0 Å². The third kappa shape index (κ3) is 3.85. The van der Waals surface area contributed by atoms with Crippen LogP contribution in [0.25, 0.3) is 0 Å². The van der Waals surface area contributed by atoms with Gasteiger partial charge in [0.1, 0.15) is 5.82 Å². The zero-order chi connectivity index (χ0) is 20.1. The van der Waals surface area contributed by atoms with Gasteiger partial charge in [-0.15, -0.1) is 0 Å². The summed E-state index contributed by atoms with van der Waals surface area (Å²) in [5.41, 5.74) is 0.485. The van der Waals surface area contributed by atoms with Crippen LogP contribution in [0.5, 0.6) is 0 Å². The van der Waals surface area contributed by atoms with Crippen LogP contribution in [-0.2, 0) is 0 Å². The minimum atomic E-state index is -2.35. The number of hydrogen-bond donors (Lipinski definition) is 0. The molecule has 0 atom stereocenters. The Hall–Kier alpha value is -3.22. The molecule has 1 nitrogen and oxygen atoms in total. The lowest BCUT2D eigenvalue weighted by Gasteiger charge is -2.28. The van der Waals surface area contributed by atoms with E-state index < -0.39 is 6.89 Å². The first kappa shape index (κ1) is 19.1. The number of Topliss-reactive ketones (excluding diaryl/α,β-unsaturated/α-hetero) is 1. The van der Waals surface area contributed by atoms with Crippen LogP contribution in [0.3, 0.4) is 0 Å². The first-order valence-corrected chi connectivity index (χ1v) is 11.3. The minimum Gasteiger partial charge on any atom is -0.289 e. The summed E-state index contributed by atoms with van der Waals surface area (Å²) in [5, 5.41) is 3.31.